The molecule has 1 N–H and O–H groups in total. The molecule has 0 radical (unpaired) electrons. The molecule has 32 heavy (non-hydrogen) atoms. The summed E-state index contributed by atoms with van der Waals surface area (Å²) in [5.41, 5.74) is 4.84. The number of aliphatic imine (C=N–C) groups is 1. The van der Waals surface area contributed by atoms with Crippen molar-refractivity contribution in [2.24, 2.45) is 10.1 Å². The van der Waals surface area contributed by atoms with Gasteiger partial charge in [0.15, 0.2) is 0 Å². The maximum Gasteiger partial charge on any atom is 0.414 e. The van der Waals surface area contributed by atoms with Gasteiger partial charge in [-0.15, -0.1) is 5.10 Å². The van der Waals surface area contributed by atoms with Gasteiger partial charge in [0.1, 0.15) is 5.75 Å². The van der Waals surface area contributed by atoms with E-state index in [9.17, 15) is 9.59 Å². The topological polar surface area (TPSA) is 89.6 Å². The number of rotatable bonds is 6. The zero-order valence-electron chi connectivity index (χ0n) is 18.2. The molecule has 3 amide bonds. The van der Waals surface area contributed by atoms with Crippen LogP contribution in [-0.2, 0) is 11.3 Å². The highest BCUT2D eigenvalue weighted by atomic mass is 16.5. The summed E-state index contributed by atoms with van der Waals surface area (Å²) in [6, 6.07) is 16.2. The summed E-state index contributed by atoms with van der Waals surface area (Å²) < 4.78 is 7.27. The van der Waals surface area contributed by atoms with Crippen molar-refractivity contribution in [3.8, 4) is 5.75 Å². The monoisotopic (exact) mass is 433 g/mol. The van der Waals surface area contributed by atoms with Crippen LogP contribution in [0, 0.1) is 0 Å². The summed E-state index contributed by atoms with van der Waals surface area (Å²) >= 11 is 0. The molecule has 164 valence electrons. The quantitative estimate of drug-likeness (QED) is 0.428. The van der Waals surface area contributed by atoms with Gasteiger partial charge in [0.2, 0.25) is 11.9 Å². The van der Waals surface area contributed by atoms with Crippen LogP contribution in [0.15, 0.2) is 64.7 Å². The second-order valence-electron chi connectivity index (χ2n) is 7.42. The number of hydrogen-bond donors (Lipinski definition) is 1. The Labute approximate surface area is 186 Å². The molecule has 0 spiro atoms. The van der Waals surface area contributed by atoms with E-state index < -0.39 is 12.1 Å². The molecule has 0 aliphatic carbocycles. The number of imide groups is 1. The number of carbonyl (C=O) groups is 2. The Bertz CT molecular complexity index is 1110. The summed E-state index contributed by atoms with van der Waals surface area (Å²) in [4.78, 5) is 32.4. The number of nitrogens with one attached hydrogen (secondary N) is 1. The maximum absolute atomic E-state index is 13.0. The van der Waals surface area contributed by atoms with Crippen LogP contribution in [0.25, 0.3) is 0 Å². The second kappa shape index (κ2) is 9.01. The number of urea groups is 1. The minimum atomic E-state index is -0.703. The average molecular weight is 433 g/mol. The standard InChI is InChI=1S/C23H24N6O3/c1-4-32-18-12-10-16(11-13-18)14-24-26-22-25-20-19(21(30)28(3)23(31)27(20)2)29(22)15-17-8-6-5-7-9-17/h5-14,19H,4,15H2,1-3H3/p+1/b24-14+. The highest BCUT2D eigenvalue weighted by Crippen LogP contribution is 2.20. The molecule has 1 saturated heterocycles. The first-order valence-corrected chi connectivity index (χ1v) is 10.3. The van der Waals surface area contributed by atoms with Gasteiger partial charge in [-0.05, 0) is 42.3 Å². The molecule has 9 nitrogen and oxygen atoms in total. The predicted molar refractivity (Wildman–Crippen MR) is 121 cm³/mol. The number of carbonyl (C=O) groups excluding carboxylic acids is 2. The van der Waals surface area contributed by atoms with Crippen molar-refractivity contribution in [1.82, 2.24) is 15.2 Å². The van der Waals surface area contributed by atoms with Gasteiger partial charge in [0.05, 0.1) is 19.4 Å². The second-order valence-corrected chi connectivity index (χ2v) is 7.42. The molecule has 2 aromatic carbocycles. The third kappa shape index (κ3) is 4.09. The number of guanidine groups is 1. The largest absolute Gasteiger partial charge is 0.494 e. The maximum atomic E-state index is 13.0. The van der Waals surface area contributed by atoms with Crippen LogP contribution < -0.4 is 10.2 Å². The van der Waals surface area contributed by atoms with Crippen molar-refractivity contribution in [1.29, 1.82) is 0 Å². The van der Waals surface area contributed by atoms with E-state index in [4.69, 9.17) is 4.74 Å². The van der Waals surface area contributed by atoms with E-state index in [0.29, 0.717) is 24.9 Å². The first-order chi connectivity index (χ1) is 15.5. The molecule has 0 bridgehead atoms. The summed E-state index contributed by atoms with van der Waals surface area (Å²) in [5.74, 6) is 1.25. The van der Waals surface area contributed by atoms with E-state index >= 15 is 0 Å². The van der Waals surface area contributed by atoms with Crippen molar-refractivity contribution < 1.29 is 18.9 Å². The van der Waals surface area contributed by atoms with Gasteiger partial charge in [-0.1, -0.05) is 35.3 Å². The van der Waals surface area contributed by atoms with E-state index in [2.05, 4.69) is 15.5 Å². The van der Waals surface area contributed by atoms with Gasteiger partial charge in [-0.2, -0.15) is 5.43 Å². The molecule has 0 saturated carbocycles. The molecular weight excluding hydrogens is 408 g/mol. The predicted octanol–water partition coefficient (Wildman–Crippen LogP) is 1.88. The van der Waals surface area contributed by atoms with Gasteiger partial charge in [-0.3, -0.25) is 14.6 Å². The van der Waals surface area contributed by atoms with Crippen molar-refractivity contribution in [3.05, 3.63) is 65.7 Å². The van der Waals surface area contributed by atoms with E-state index in [-0.39, 0.29) is 5.91 Å². The highest BCUT2D eigenvalue weighted by molar-refractivity contribution is 6.22. The Morgan fingerprint density at radius 3 is 2.50 bits per heavy atom. The summed E-state index contributed by atoms with van der Waals surface area (Å²) in [6.07, 6.45) is 1.66. The lowest BCUT2D eigenvalue weighted by molar-refractivity contribution is -0.553. The Hall–Kier alpha value is -4.01. The van der Waals surface area contributed by atoms with Crippen molar-refractivity contribution in [2.45, 2.75) is 19.5 Å². The number of benzene rings is 2. The fourth-order valence-electron chi connectivity index (χ4n) is 3.62. The minimum absolute atomic E-state index is 0.324. The lowest BCUT2D eigenvalue weighted by atomic mass is 10.1. The van der Waals surface area contributed by atoms with Crippen LogP contribution in [0.4, 0.5) is 4.79 Å². The minimum Gasteiger partial charge on any atom is -0.494 e. The number of likely N-dealkylation sites (N-methyl/N-ethyl adjacent to an activating group) is 2. The molecule has 4 rings (SSSR count). The molecule has 1 atom stereocenters. The van der Waals surface area contributed by atoms with Crippen LogP contribution >= 0.6 is 0 Å². The van der Waals surface area contributed by atoms with Crippen LogP contribution in [0.1, 0.15) is 18.1 Å². The fraction of sp³-hybridized carbons (Fsp3) is 0.261. The number of amides is 3. The van der Waals surface area contributed by atoms with Crippen LogP contribution in [0.5, 0.6) is 5.75 Å². The molecule has 2 aromatic rings. The number of hydrazone groups is 1. The van der Waals surface area contributed by atoms with Crippen LogP contribution in [0.3, 0.4) is 0 Å². The number of hydrogen-bond acceptors (Lipinski definition) is 6. The number of ether oxygens (including phenoxy) is 1. The Morgan fingerprint density at radius 2 is 1.81 bits per heavy atom. The molecule has 2 aliphatic rings. The summed E-state index contributed by atoms with van der Waals surface area (Å²) in [6.45, 7) is 2.98. The van der Waals surface area contributed by atoms with Gasteiger partial charge in [-0.25, -0.2) is 9.37 Å². The number of fused-ring (bicyclic) bond motifs is 1. The number of amidine groups is 1. The zero-order valence-corrected chi connectivity index (χ0v) is 18.2. The normalized spacial score (nSPS) is 18.3. The van der Waals surface area contributed by atoms with Crippen LogP contribution in [0.2, 0.25) is 0 Å². The number of nitrogens with zero attached hydrogens (tertiary/aromatic N) is 5. The van der Waals surface area contributed by atoms with E-state index in [1.807, 2.05) is 66.1 Å². The average Bonchev–Trinajstić information content (AvgIpc) is 3.16. The van der Waals surface area contributed by atoms with E-state index in [0.717, 1.165) is 21.8 Å². The first-order valence-electron chi connectivity index (χ1n) is 10.3. The van der Waals surface area contributed by atoms with Gasteiger partial charge >= 0.3 is 12.0 Å². The van der Waals surface area contributed by atoms with Gasteiger partial charge < -0.3 is 4.74 Å². The Kier molecular flexibility index (Phi) is 5.98. The van der Waals surface area contributed by atoms with E-state index in [1.54, 1.807) is 13.3 Å². The lowest BCUT2D eigenvalue weighted by Crippen LogP contribution is -2.61. The smallest absolute Gasteiger partial charge is 0.414 e. The Morgan fingerprint density at radius 1 is 1.09 bits per heavy atom. The van der Waals surface area contributed by atoms with Crippen molar-refractivity contribution in [3.63, 3.8) is 0 Å². The lowest BCUT2D eigenvalue weighted by Gasteiger charge is -2.31. The molecule has 2 heterocycles. The van der Waals surface area contributed by atoms with Crippen molar-refractivity contribution >= 4 is 29.9 Å². The van der Waals surface area contributed by atoms with E-state index in [1.165, 1.54) is 11.9 Å². The molecule has 1 unspecified atom stereocenters. The highest BCUT2D eigenvalue weighted by Gasteiger charge is 2.51. The fourth-order valence-corrected chi connectivity index (χ4v) is 3.62. The van der Waals surface area contributed by atoms with Crippen LogP contribution in [-0.4, -0.2) is 71.1 Å². The van der Waals surface area contributed by atoms with Crippen molar-refractivity contribution in [2.75, 3.05) is 20.7 Å². The SMILES string of the molecule is CCOc1ccc(/C=N/NC2=[N+](Cc3ccccc3)C3C(=O)N(C)C(=O)N(C)C3=N2)cc1. The third-order valence-electron chi connectivity index (χ3n) is 5.30. The molecule has 2 aliphatic heterocycles. The first kappa shape index (κ1) is 21.2. The molecule has 1 fully saturated rings. The van der Waals surface area contributed by atoms with Gasteiger partial charge in [0.25, 0.3) is 5.91 Å². The summed E-state index contributed by atoms with van der Waals surface area (Å²) in [7, 11) is 3.10. The zero-order chi connectivity index (χ0) is 22.7. The Balaban J connectivity index is 1.61. The molecule has 9 heteroatoms. The molecular formula is C23H25N6O3+. The van der Waals surface area contributed by atoms with Gasteiger partial charge in [0, 0.05) is 14.1 Å². The summed E-state index contributed by atoms with van der Waals surface area (Å²) in [5, 5.41) is 4.31. The molecule has 0 aromatic heterocycles. The third-order valence-corrected chi connectivity index (χ3v) is 5.30.